The van der Waals surface area contributed by atoms with Crippen LogP contribution in [0.15, 0.2) is 12.1 Å². The summed E-state index contributed by atoms with van der Waals surface area (Å²) in [5, 5.41) is 3.51. The van der Waals surface area contributed by atoms with Gasteiger partial charge in [0, 0.05) is 24.8 Å². The first-order valence-corrected chi connectivity index (χ1v) is 6.37. The lowest BCUT2D eigenvalue weighted by molar-refractivity contribution is 0.309. The zero-order chi connectivity index (χ0) is 12.8. The zero-order valence-corrected chi connectivity index (χ0v) is 11.7. The predicted octanol–water partition coefficient (Wildman–Crippen LogP) is 2.13. The van der Waals surface area contributed by atoms with E-state index in [4.69, 9.17) is 0 Å². The highest BCUT2D eigenvalue weighted by Gasteiger charge is 2.05. The Kier molecular flexibility index (Phi) is 5.59. The maximum absolute atomic E-state index is 4.53. The molecule has 0 amide bonds. The molecular weight excluding hydrogens is 210 g/mol. The van der Waals surface area contributed by atoms with Gasteiger partial charge < -0.3 is 10.2 Å². The van der Waals surface area contributed by atoms with Crippen LogP contribution in [0.5, 0.6) is 0 Å². The smallest absolute Gasteiger partial charge is 0.0547 e. The second-order valence-corrected chi connectivity index (χ2v) is 4.91. The van der Waals surface area contributed by atoms with E-state index in [9.17, 15) is 0 Å². The first-order chi connectivity index (χ1) is 8.01. The van der Waals surface area contributed by atoms with Gasteiger partial charge in [0.05, 0.1) is 5.69 Å². The third-order valence-corrected chi connectivity index (χ3v) is 2.91. The van der Waals surface area contributed by atoms with Gasteiger partial charge in [0.15, 0.2) is 0 Å². The molecule has 1 unspecified atom stereocenters. The van der Waals surface area contributed by atoms with Gasteiger partial charge in [0.25, 0.3) is 0 Å². The Bertz CT molecular complexity index is 329. The van der Waals surface area contributed by atoms with Crippen LogP contribution in [-0.4, -0.2) is 36.1 Å². The third kappa shape index (κ3) is 5.29. The highest BCUT2D eigenvalue weighted by molar-refractivity contribution is 5.19. The van der Waals surface area contributed by atoms with E-state index in [0.29, 0.717) is 6.04 Å². The lowest BCUT2D eigenvalue weighted by atomic mass is 10.2. The monoisotopic (exact) mass is 235 g/mol. The highest BCUT2D eigenvalue weighted by atomic mass is 15.1. The third-order valence-electron chi connectivity index (χ3n) is 2.91. The minimum atomic E-state index is 0.488. The van der Waals surface area contributed by atoms with Crippen LogP contribution >= 0.6 is 0 Å². The summed E-state index contributed by atoms with van der Waals surface area (Å²) in [6.45, 7) is 11.6. The molecule has 0 spiro atoms. The van der Waals surface area contributed by atoms with E-state index in [2.05, 4.69) is 55.2 Å². The number of nitrogens with zero attached hydrogens (tertiary/aromatic N) is 2. The number of nitrogens with one attached hydrogen (secondary N) is 1. The van der Waals surface area contributed by atoms with E-state index in [1.165, 1.54) is 5.56 Å². The van der Waals surface area contributed by atoms with E-state index < -0.39 is 0 Å². The molecule has 3 nitrogen and oxygen atoms in total. The maximum atomic E-state index is 4.53. The molecule has 0 aliphatic rings. The summed E-state index contributed by atoms with van der Waals surface area (Å²) in [6, 6.07) is 4.75. The van der Waals surface area contributed by atoms with Crippen LogP contribution in [0.4, 0.5) is 0 Å². The molecular formula is C14H25N3. The molecule has 0 saturated heterocycles. The lowest BCUT2D eigenvalue weighted by Crippen LogP contribution is -2.37. The summed E-state index contributed by atoms with van der Waals surface area (Å²) in [5.41, 5.74) is 3.52. The molecule has 3 heteroatoms. The van der Waals surface area contributed by atoms with Crippen LogP contribution in [0.3, 0.4) is 0 Å². The molecule has 1 atom stereocenters. The number of aromatic nitrogens is 1. The number of hydrogen-bond acceptors (Lipinski definition) is 3. The molecule has 1 N–H and O–H groups in total. The van der Waals surface area contributed by atoms with Crippen LogP contribution in [0, 0.1) is 13.8 Å². The van der Waals surface area contributed by atoms with E-state index >= 15 is 0 Å². The van der Waals surface area contributed by atoms with Gasteiger partial charge in [-0.25, -0.2) is 0 Å². The summed E-state index contributed by atoms with van der Waals surface area (Å²) >= 11 is 0. The molecule has 0 bridgehead atoms. The van der Waals surface area contributed by atoms with Gasteiger partial charge in [0.2, 0.25) is 0 Å². The van der Waals surface area contributed by atoms with Crippen molar-refractivity contribution in [3.05, 3.63) is 29.1 Å². The normalized spacial score (nSPS) is 13.1. The maximum Gasteiger partial charge on any atom is 0.0547 e. The van der Waals surface area contributed by atoms with Gasteiger partial charge in [-0.2, -0.15) is 0 Å². The fourth-order valence-corrected chi connectivity index (χ4v) is 1.96. The zero-order valence-electron chi connectivity index (χ0n) is 11.7. The topological polar surface area (TPSA) is 28.2 Å². The Morgan fingerprint density at radius 1 is 1.35 bits per heavy atom. The van der Waals surface area contributed by atoms with Crippen molar-refractivity contribution in [3.8, 4) is 0 Å². The van der Waals surface area contributed by atoms with Crippen molar-refractivity contribution in [3.63, 3.8) is 0 Å². The van der Waals surface area contributed by atoms with Gasteiger partial charge >= 0.3 is 0 Å². The van der Waals surface area contributed by atoms with Crippen molar-refractivity contribution in [1.29, 1.82) is 0 Å². The summed E-state index contributed by atoms with van der Waals surface area (Å²) in [4.78, 5) is 6.84. The molecule has 17 heavy (non-hydrogen) atoms. The molecule has 0 fully saturated rings. The van der Waals surface area contributed by atoms with Crippen molar-refractivity contribution in [2.45, 2.75) is 40.3 Å². The largest absolute Gasteiger partial charge is 0.307 e. The van der Waals surface area contributed by atoms with Crippen LogP contribution in [0.2, 0.25) is 0 Å². The molecule has 96 valence electrons. The van der Waals surface area contributed by atoms with Crippen molar-refractivity contribution >= 4 is 0 Å². The van der Waals surface area contributed by atoms with Gasteiger partial charge in [0.1, 0.15) is 0 Å². The molecule has 1 heterocycles. The standard InChI is InChI=1S/C14H25N3/c1-6-17(5)10-13(4)15-9-14-8-11(2)7-12(3)16-14/h7-8,13,15H,6,9-10H2,1-5H3. The molecule has 0 saturated carbocycles. The minimum Gasteiger partial charge on any atom is -0.307 e. The average molecular weight is 235 g/mol. The van der Waals surface area contributed by atoms with Crippen LogP contribution in [0.1, 0.15) is 30.8 Å². The summed E-state index contributed by atoms with van der Waals surface area (Å²) in [5.74, 6) is 0. The molecule has 1 aromatic rings. The van der Waals surface area contributed by atoms with Crippen LogP contribution in [0.25, 0.3) is 0 Å². The van der Waals surface area contributed by atoms with Gasteiger partial charge in [-0.1, -0.05) is 6.92 Å². The Morgan fingerprint density at radius 2 is 2.06 bits per heavy atom. The SMILES string of the molecule is CCN(C)CC(C)NCc1cc(C)cc(C)n1. The highest BCUT2D eigenvalue weighted by Crippen LogP contribution is 2.04. The van der Waals surface area contributed by atoms with E-state index in [1.807, 2.05) is 6.92 Å². The molecule has 0 radical (unpaired) electrons. The van der Waals surface area contributed by atoms with E-state index in [0.717, 1.165) is 31.0 Å². The molecule has 0 aromatic carbocycles. The lowest BCUT2D eigenvalue weighted by Gasteiger charge is -2.20. The van der Waals surface area contributed by atoms with Gasteiger partial charge in [-0.15, -0.1) is 0 Å². The van der Waals surface area contributed by atoms with E-state index in [-0.39, 0.29) is 0 Å². The summed E-state index contributed by atoms with van der Waals surface area (Å²) in [6.07, 6.45) is 0. The Morgan fingerprint density at radius 3 is 2.65 bits per heavy atom. The minimum absolute atomic E-state index is 0.488. The molecule has 1 aromatic heterocycles. The van der Waals surface area contributed by atoms with Crippen molar-refractivity contribution < 1.29 is 0 Å². The van der Waals surface area contributed by atoms with Crippen molar-refractivity contribution in [2.75, 3.05) is 20.1 Å². The van der Waals surface area contributed by atoms with Crippen molar-refractivity contribution in [1.82, 2.24) is 15.2 Å². The number of pyridine rings is 1. The van der Waals surface area contributed by atoms with Crippen LogP contribution < -0.4 is 5.32 Å². The van der Waals surface area contributed by atoms with Gasteiger partial charge in [-0.05, 0) is 52.1 Å². The first-order valence-electron chi connectivity index (χ1n) is 6.37. The molecule has 1 rings (SSSR count). The number of hydrogen-bond donors (Lipinski definition) is 1. The van der Waals surface area contributed by atoms with Crippen molar-refractivity contribution in [2.24, 2.45) is 0 Å². The second kappa shape index (κ2) is 6.72. The quantitative estimate of drug-likeness (QED) is 0.818. The van der Waals surface area contributed by atoms with Gasteiger partial charge in [-0.3, -0.25) is 4.98 Å². The first kappa shape index (κ1) is 14.1. The Labute approximate surface area is 105 Å². The second-order valence-electron chi connectivity index (χ2n) is 4.91. The molecule has 0 aliphatic heterocycles. The number of likely N-dealkylation sites (N-methyl/N-ethyl adjacent to an activating group) is 1. The predicted molar refractivity (Wildman–Crippen MR) is 73.2 cm³/mol. The van der Waals surface area contributed by atoms with Crippen LogP contribution in [-0.2, 0) is 6.54 Å². The average Bonchev–Trinajstić information content (AvgIpc) is 2.25. The molecule has 0 aliphatic carbocycles. The fourth-order valence-electron chi connectivity index (χ4n) is 1.96. The Hall–Kier alpha value is -0.930. The number of aryl methyl sites for hydroxylation is 2. The fraction of sp³-hybridized carbons (Fsp3) is 0.643. The van der Waals surface area contributed by atoms with E-state index in [1.54, 1.807) is 0 Å². The summed E-state index contributed by atoms with van der Waals surface area (Å²) in [7, 11) is 2.15. The Balaban J connectivity index is 2.44. The summed E-state index contributed by atoms with van der Waals surface area (Å²) < 4.78 is 0. The number of rotatable bonds is 6.